The van der Waals surface area contributed by atoms with Crippen molar-refractivity contribution in [2.75, 3.05) is 26.9 Å². The summed E-state index contributed by atoms with van der Waals surface area (Å²) in [6, 6.07) is 4.88. The number of phenols is 1. The second kappa shape index (κ2) is 16.0. The highest BCUT2D eigenvalue weighted by atomic mass is 16.5. The number of benzene rings is 1. The van der Waals surface area contributed by atoms with E-state index in [0.29, 0.717) is 25.4 Å². The number of carbonyl (C=O) groups is 2. The average Bonchev–Trinajstić information content (AvgIpc) is 2.86. The number of aliphatic hydroxyl groups is 1. The van der Waals surface area contributed by atoms with Gasteiger partial charge in [-0.15, -0.1) is 0 Å². The first-order chi connectivity index (χ1) is 18.1. The first kappa shape index (κ1) is 34.7. The van der Waals surface area contributed by atoms with E-state index in [0.717, 1.165) is 12.0 Å². The van der Waals surface area contributed by atoms with Crippen LogP contribution in [-0.4, -0.2) is 61.0 Å². The molecule has 0 fully saturated rings. The zero-order valence-corrected chi connectivity index (χ0v) is 25.2. The molecule has 39 heavy (non-hydrogen) atoms. The minimum atomic E-state index is -0.875. The van der Waals surface area contributed by atoms with E-state index in [1.807, 2.05) is 26.0 Å². The van der Waals surface area contributed by atoms with Crippen molar-refractivity contribution in [2.45, 2.75) is 85.8 Å². The first-order valence-electron chi connectivity index (χ1n) is 14.1. The van der Waals surface area contributed by atoms with Gasteiger partial charge in [-0.25, -0.2) is 0 Å². The number of phenolic OH excluding ortho intramolecular Hbond substituents is 1. The third-order valence-electron chi connectivity index (χ3n) is 7.81. The Morgan fingerprint density at radius 3 is 2.23 bits per heavy atom. The van der Waals surface area contributed by atoms with Gasteiger partial charge in [-0.3, -0.25) is 9.59 Å². The lowest BCUT2D eigenvalue weighted by molar-refractivity contribution is -0.130. The topological polar surface area (TPSA) is 157 Å². The van der Waals surface area contributed by atoms with Crippen molar-refractivity contribution >= 4 is 11.8 Å². The molecule has 1 aromatic rings. The number of carbonyl (C=O) groups excluding carboxylic acids is 2. The molecule has 0 aromatic heterocycles. The highest BCUT2D eigenvalue weighted by molar-refractivity contribution is 5.83. The van der Waals surface area contributed by atoms with Crippen LogP contribution in [0.15, 0.2) is 18.2 Å². The molecule has 1 rings (SSSR count). The Kier molecular flexibility index (Phi) is 14.3. The van der Waals surface area contributed by atoms with Crippen LogP contribution in [0.5, 0.6) is 11.5 Å². The second-order valence-electron chi connectivity index (χ2n) is 12.1. The maximum absolute atomic E-state index is 13.0. The van der Waals surface area contributed by atoms with Crippen LogP contribution in [0.2, 0.25) is 0 Å². The van der Waals surface area contributed by atoms with E-state index in [4.69, 9.17) is 20.9 Å². The lowest BCUT2D eigenvalue weighted by Gasteiger charge is -2.33. The van der Waals surface area contributed by atoms with Crippen molar-refractivity contribution in [1.82, 2.24) is 5.32 Å². The summed E-state index contributed by atoms with van der Waals surface area (Å²) >= 11 is 0. The quantitative estimate of drug-likeness (QED) is 0.175. The van der Waals surface area contributed by atoms with E-state index in [-0.39, 0.29) is 48.3 Å². The number of nitrogens with two attached hydrogens (primary N) is 2. The molecular weight excluding hydrogens is 498 g/mol. The monoisotopic (exact) mass is 551 g/mol. The Labute approximate surface area is 235 Å². The van der Waals surface area contributed by atoms with Gasteiger partial charge in [-0.2, -0.15) is 0 Å². The summed E-state index contributed by atoms with van der Waals surface area (Å²) in [5.74, 6) is -0.157. The second-order valence-corrected chi connectivity index (χ2v) is 12.1. The molecule has 0 heterocycles. The van der Waals surface area contributed by atoms with Crippen molar-refractivity contribution in [2.24, 2.45) is 40.6 Å². The number of ether oxygens (including phenoxy) is 2. The van der Waals surface area contributed by atoms with Gasteiger partial charge >= 0.3 is 0 Å². The summed E-state index contributed by atoms with van der Waals surface area (Å²) in [5.41, 5.74) is 12.1. The van der Waals surface area contributed by atoms with Gasteiger partial charge in [0, 0.05) is 38.6 Å². The summed E-state index contributed by atoms with van der Waals surface area (Å²) in [7, 11) is 1.64. The van der Waals surface area contributed by atoms with E-state index in [2.05, 4.69) is 26.1 Å². The minimum Gasteiger partial charge on any atom is -0.504 e. The molecule has 2 amide bonds. The van der Waals surface area contributed by atoms with Gasteiger partial charge in [0.2, 0.25) is 11.8 Å². The fourth-order valence-electron chi connectivity index (χ4n) is 4.73. The van der Waals surface area contributed by atoms with E-state index < -0.39 is 29.4 Å². The van der Waals surface area contributed by atoms with Crippen molar-refractivity contribution in [3.05, 3.63) is 23.8 Å². The third-order valence-corrected chi connectivity index (χ3v) is 7.81. The number of hydrogen-bond acceptors (Lipinski definition) is 7. The minimum absolute atomic E-state index is 0.0253. The number of methoxy groups -OCH3 is 1. The molecule has 0 radical (unpaired) electrons. The standard InChI is InChI=1S/C30H53N3O6/c1-18(2)22(20(5)21-10-11-25(34)27(14-21)39-13-9-12-38-8)15-24(31)26(35)16-23(19(3)4)28(36)33-17-30(6,7)29(32)37/h10-11,14,18-20,22-24,26,34-35H,9,12-13,15-17,31H2,1-8H3,(H2,32,37)(H,33,36)/t20?,22-,23-,24-,26-/m0/s1. The van der Waals surface area contributed by atoms with Crippen molar-refractivity contribution in [3.63, 3.8) is 0 Å². The van der Waals surface area contributed by atoms with Gasteiger partial charge in [0.1, 0.15) is 0 Å². The number of rotatable bonds is 18. The number of aromatic hydroxyl groups is 1. The summed E-state index contributed by atoms with van der Waals surface area (Å²) in [6.45, 7) is 14.8. The van der Waals surface area contributed by atoms with E-state index in [1.54, 1.807) is 27.0 Å². The SMILES string of the molecule is COCCCOc1cc(C(C)[C@@H](C[C@H](N)[C@@H](O)C[C@H](C(=O)NCC(C)(C)C(N)=O)C(C)C)C(C)C)ccc1O. The number of aliphatic hydroxyl groups excluding tert-OH is 1. The van der Waals surface area contributed by atoms with Crippen LogP contribution >= 0.6 is 0 Å². The van der Waals surface area contributed by atoms with Crippen molar-refractivity contribution in [1.29, 1.82) is 0 Å². The molecular formula is C30H53N3O6. The molecule has 0 spiro atoms. The summed E-state index contributed by atoms with van der Waals surface area (Å²) in [6.07, 6.45) is 0.626. The number of nitrogens with one attached hydrogen (secondary N) is 1. The summed E-state index contributed by atoms with van der Waals surface area (Å²) < 4.78 is 10.8. The fourth-order valence-corrected chi connectivity index (χ4v) is 4.73. The summed E-state index contributed by atoms with van der Waals surface area (Å²) in [5, 5.41) is 24.2. The molecule has 0 saturated heterocycles. The maximum Gasteiger partial charge on any atom is 0.224 e. The Hall–Kier alpha value is -2.36. The van der Waals surface area contributed by atoms with Crippen molar-refractivity contribution < 1.29 is 29.3 Å². The Morgan fingerprint density at radius 2 is 1.69 bits per heavy atom. The predicted molar refractivity (Wildman–Crippen MR) is 154 cm³/mol. The summed E-state index contributed by atoms with van der Waals surface area (Å²) in [4.78, 5) is 24.6. The molecule has 1 aromatic carbocycles. The highest BCUT2D eigenvalue weighted by Crippen LogP contribution is 2.38. The van der Waals surface area contributed by atoms with Gasteiger partial charge in [0.15, 0.2) is 11.5 Å². The highest BCUT2D eigenvalue weighted by Gasteiger charge is 2.33. The van der Waals surface area contributed by atoms with Gasteiger partial charge < -0.3 is 36.5 Å². The van der Waals surface area contributed by atoms with Gasteiger partial charge in [0.05, 0.1) is 18.1 Å². The van der Waals surface area contributed by atoms with Crippen LogP contribution in [0.3, 0.4) is 0 Å². The molecule has 0 aliphatic heterocycles. The van der Waals surface area contributed by atoms with Gasteiger partial charge in [-0.05, 0) is 68.1 Å². The molecule has 9 heteroatoms. The Balaban J connectivity index is 2.92. The van der Waals surface area contributed by atoms with E-state index in [9.17, 15) is 19.8 Å². The number of primary amides is 1. The smallest absolute Gasteiger partial charge is 0.224 e. The maximum atomic E-state index is 13.0. The zero-order chi connectivity index (χ0) is 29.9. The molecule has 1 unspecified atom stereocenters. The van der Waals surface area contributed by atoms with E-state index in [1.165, 1.54) is 0 Å². The Morgan fingerprint density at radius 1 is 1.05 bits per heavy atom. The average molecular weight is 552 g/mol. The van der Waals surface area contributed by atoms with Crippen LogP contribution in [-0.2, 0) is 14.3 Å². The fraction of sp³-hybridized carbons (Fsp3) is 0.733. The lowest BCUT2D eigenvalue weighted by Crippen LogP contribution is -2.46. The van der Waals surface area contributed by atoms with Crippen LogP contribution in [0, 0.1) is 29.1 Å². The molecule has 0 bridgehead atoms. The number of hydrogen-bond donors (Lipinski definition) is 5. The third kappa shape index (κ3) is 11.0. The van der Waals surface area contributed by atoms with Crippen molar-refractivity contribution in [3.8, 4) is 11.5 Å². The van der Waals surface area contributed by atoms with Crippen LogP contribution in [0.4, 0.5) is 0 Å². The predicted octanol–water partition coefficient (Wildman–Crippen LogP) is 3.55. The normalized spacial score (nSPS) is 16.0. The largest absolute Gasteiger partial charge is 0.504 e. The molecule has 0 aliphatic rings. The Bertz CT molecular complexity index is 905. The zero-order valence-electron chi connectivity index (χ0n) is 25.2. The molecule has 0 aliphatic carbocycles. The van der Waals surface area contributed by atoms with E-state index >= 15 is 0 Å². The van der Waals surface area contributed by atoms with Crippen LogP contribution in [0.25, 0.3) is 0 Å². The molecule has 5 atom stereocenters. The molecule has 224 valence electrons. The van der Waals surface area contributed by atoms with Gasteiger partial charge in [0.25, 0.3) is 0 Å². The van der Waals surface area contributed by atoms with Crippen LogP contribution < -0.4 is 21.5 Å². The molecule has 0 saturated carbocycles. The number of amides is 2. The molecule has 9 nitrogen and oxygen atoms in total. The first-order valence-corrected chi connectivity index (χ1v) is 14.1. The lowest BCUT2D eigenvalue weighted by atomic mass is 9.75. The molecule has 7 N–H and O–H groups in total. The van der Waals surface area contributed by atoms with Gasteiger partial charge in [-0.1, -0.05) is 40.7 Å². The van der Waals surface area contributed by atoms with Crippen LogP contribution in [0.1, 0.15) is 79.2 Å².